The van der Waals surface area contributed by atoms with Crippen LogP contribution in [0.4, 0.5) is 8.78 Å². The molecule has 0 bridgehead atoms. The zero-order valence-corrected chi connectivity index (χ0v) is 14.1. The second-order valence-electron chi connectivity index (χ2n) is 6.39. The molecule has 0 unspecified atom stereocenters. The number of hydrogen-bond acceptors (Lipinski definition) is 3. The van der Waals surface area contributed by atoms with Crippen molar-refractivity contribution in [3.05, 3.63) is 59.7 Å². The highest BCUT2D eigenvalue weighted by Gasteiger charge is 2.41. The van der Waals surface area contributed by atoms with Crippen LogP contribution in [0.2, 0.25) is 0 Å². The van der Waals surface area contributed by atoms with Crippen LogP contribution in [0.25, 0.3) is 11.1 Å². The van der Waals surface area contributed by atoms with E-state index in [1.165, 1.54) is 13.2 Å². The molecule has 0 atom stereocenters. The van der Waals surface area contributed by atoms with Crippen LogP contribution in [0.1, 0.15) is 18.4 Å². The van der Waals surface area contributed by atoms with Gasteiger partial charge in [-0.1, -0.05) is 30.3 Å². The first-order chi connectivity index (χ1) is 12.0. The third-order valence-electron chi connectivity index (χ3n) is 4.79. The molecule has 0 spiro atoms. The normalized spacial score (nSPS) is 16.4. The maximum atomic E-state index is 13.5. The average Bonchev–Trinajstić information content (AvgIpc) is 2.64. The lowest BCUT2D eigenvalue weighted by Gasteiger charge is -2.34. The summed E-state index contributed by atoms with van der Waals surface area (Å²) in [6, 6.07) is 11.4. The molecule has 0 saturated carbocycles. The van der Waals surface area contributed by atoms with Crippen LogP contribution < -0.4 is 0 Å². The van der Waals surface area contributed by atoms with E-state index in [0.717, 1.165) is 17.2 Å². The molecule has 132 valence electrons. The molecular weight excluding hydrogens is 326 g/mol. The summed E-state index contributed by atoms with van der Waals surface area (Å²) in [5, 5.41) is 0. The van der Waals surface area contributed by atoms with Crippen molar-refractivity contribution < 1.29 is 23.0 Å². The van der Waals surface area contributed by atoms with Crippen molar-refractivity contribution in [2.75, 3.05) is 20.3 Å². The minimum atomic E-state index is -0.877. The Kier molecular flexibility index (Phi) is 5.13. The SMILES string of the molecule is COC(=O)C1(Cc2cccc(-c3ccc(F)c(F)c3)c2)CCOCC1. The van der Waals surface area contributed by atoms with E-state index < -0.39 is 17.0 Å². The summed E-state index contributed by atoms with van der Waals surface area (Å²) in [5.41, 5.74) is 1.73. The maximum Gasteiger partial charge on any atom is 0.312 e. The van der Waals surface area contributed by atoms with Crippen molar-refractivity contribution in [3.8, 4) is 11.1 Å². The van der Waals surface area contributed by atoms with Gasteiger partial charge in [-0.3, -0.25) is 4.79 Å². The number of esters is 1. The van der Waals surface area contributed by atoms with Gasteiger partial charge in [-0.15, -0.1) is 0 Å². The van der Waals surface area contributed by atoms with Gasteiger partial charge in [0.05, 0.1) is 12.5 Å². The standard InChI is InChI=1S/C20H20F2O3/c1-24-19(23)20(7-9-25-10-8-20)13-14-3-2-4-15(11-14)16-5-6-17(21)18(22)12-16/h2-6,11-12H,7-10,13H2,1H3. The van der Waals surface area contributed by atoms with Crippen molar-refractivity contribution in [1.29, 1.82) is 0 Å². The second-order valence-corrected chi connectivity index (χ2v) is 6.39. The fraction of sp³-hybridized carbons (Fsp3) is 0.350. The van der Waals surface area contributed by atoms with E-state index in [-0.39, 0.29) is 5.97 Å². The largest absolute Gasteiger partial charge is 0.469 e. The molecule has 0 aliphatic carbocycles. The first kappa shape index (κ1) is 17.5. The minimum Gasteiger partial charge on any atom is -0.469 e. The van der Waals surface area contributed by atoms with Gasteiger partial charge in [0.1, 0.15) is 0 Å². The Morgan fingerprint density at radius 3 is 2.48 bits per heavy atom. The van der Waals surface area contributed by atoms with Crippen molar-refractivity contribution in [2.45, 2.75) is 19.3 Å². The monoisotopic (exact) mass is 346 g/mol. The first-order valence-corrected chi connectivity index (χ1v) is 8.25. The Labute approximate surface area is 145 Å². The zero-order chi connectivity index (χ0) is 17.9. The number of carbonyl (C=O) groups excluding carboxylic acids is 1. The number of hydrogen-bond donors (Lipinski definition) is 0. The van der Waals surface area contributed by atoms with Gasteiger partial charge >= 0.3 is 5.97 Å². The number of carbonyl (C=O) groups is 1. The molecule has 1 aliphatic rings. The van der Waals surface area contributed by atoms with Gasteiger partial charge in [0, 0.05) is 13.2 Å². The highest BCUT2D eigenvalue weighted by Crippen LogP contribution is 2.36. The lowest BCUT2D eigenvalue weighted by Crippen LogP contribution is -2.40. The van der Waals surface area contributed by atoms with Crippen LogP contribution in [0, 0.1) is 17.0 Å². The number of benzene rings is 2. The van der Waals surface area contributed by atoms with Crippen LogP contribution in [-0.4, -0.2) is 26.3 Å². The molecule has 5 heteroatoms. The van der Waals surface area contributed by atoms with Crippen LogP contribution in [0.5, 0.6) is 0 Å². The van der Waals surface area contributed by atoms with Gasteiger partial charge in [-0.25, -0.2) is 8.78 Å². The zero-order valence-electron chi connectivity index (χ0n) is 14.1. The lowest BCUT2D eigenvalue weighted by atomic mass is 9.75. The molecule has 25 heavy (non-hydrogen) atoms. The third kappa shape index (κ3) is 3.71. The second kappa shape index (κ2) is 7.31. The predicted molar refractivity (Wildman–Crippen MR) is 90.0 cm³/mol. The van der Waals surface area contributed by atoms with E-state index >= 15 is 0 Å². The third-order valence-corrected chi connectivity index (χ3v) is 4.79. The fourth-order valence-corrected chi connectivity index (χ4v) is 3.36. The van der Waals surface area contributed by atoms with Gasteiger partial charge in [0.2, 0.25) is 0 Å². The Balaban J connectivity index is 1.90. The summed E-state index contributed by atoms with van der Waals surface area (Å²) in [4.78, 5) is 12.4. The predicted octanol–water partition coefficient (Wildman–Crippen LogP) is 4.14. The summed E-state index contributed by atoms with van der Waals surface area (Å²) >= 11 is 0. The van der Waals surface area contributed by atoms with E-state index in [4.69, 9.17) is 9.47 Å². The van der Waals surface area contributed by atoms with E-state index in [1.807, 2.05) is 24.3 Å². The summed E-state index contributed by atoms with van der Waals surface area (Å²) < 4.78 is 37.1. The van der Waals surface area contributed by atoms with Crippen LogP contribution in [0.3, 0.4) is 0 Å². The summed E-state index contributed by atoms with van der Waals surface area (Å²) in [6.07, 6.45) is 1.74. The lowest BCUT2D eigenvalue weighted by molar-refractivity contribution is -0.158. The van der Waals surface area contributed by atoms with Crippen molar-refractivity contribution in [2.24, 2.45) is 5.41 Å². The van der Waals surface area contributed by atoms with Gasteiger partial charge in [0.25, 0.3) is 0 Å². The highest BCUT2D eigenvalue weighted by molar-refractivity contribution is 5.77. The molecule has 0 aromatic heterocycles. The summed E-state index contributed by atoms with van der Waals surface area (Å²) in [7, 11) is 1.40. The molecule has 0 amide bonds. The van der Waals surface area contributed by atoms with Gasteiger partial charge in [-0.2, -0.15) is 0 Å². The van der Waals surface area contributed by atoms with Gasteiger partial charge in [-0.05, 0) is 48.1 Å². The van der Waals surface area contributed by atoms with E-state index in [2.05, 4.69) is 0 Å². The quantitative estimate of drug-likeness (QED) is 0.781. The molecule has 1 heterocycles. The van der Waals surface area contributed by atoms with Gasteiger partial charge in [0.15, 0.2) is 11.6 Å². The molecule has 2 aromatic carbocycles. The summed E-state index contributed by atoms with van der Waals surface area (Å²) in [5.74, 6) is -1.97. The summed E-state index contributed by atoms with van der Waals surface area (Å²) in [6.45, 7) is 1.05. The van der Waals surface area contributed by atoms with Crippen molar-refractivity contribution in [3.63, 3.8) is 0 Å². The number of ether oxygens (including phenoxy) is 2. The van der Waals surface area contributed by atoms with E-state index in [0.29, 0.717) is 38.0 Å². The first-order valence-electron chi connectivity index (χ1n) is 8.25. The van der Waals surface area contributed by atoms with Crippen LogP contribution in [0.15, 0.2) is 42.5 Å². The smallest absolute Gasteiger partial charge is 0.312 e. The Morgan fingerprint density at radius 2 is 1.80 bits per heavy atom. The van der Waals surface area contributed by atoms with Gasteiger partial charge < -0.3 is 9.47 Å². The van der Waals surface area contributed by atoms with E-state index in [9.17, 15) is 13.6 Å². The molecule has 2 aromatic rings. The molecule has 0 N–H and O–H groups in total. The number of rotatable bonds is 4. The maximum absolute atomic E-state index is 13.5. The van der Waals surface area contributed by atoms with Crippen LogP contribution in [-0.2, 0) is 20.7 Å². The number of halogens is 2. The van der Waals surface area contributed by atoms with Crippen molar-refractivity contribution >= 4 is 5.97 Å². The number of methoxy groups -OCH3 is 1. The van der Waals surface area contributed by atoms with E-state index in [1.54, 1.807) is 6.07 Å². The average molecular weight is 346 g/mol. The Hall–Kier alpha value is -2.27. The topological polar surface area (TPSA) is 35.5 Å². The van der Waals surface area contributed by atoms with Crippen LogP contribution >= 0.6 is 0 Å². The fourth-order valence-electron chi connectivity index (χ4n) is 3.36. The Bertz CT molecular complexity index is 767. The molecule has 1 fully saturated rings. The molecule has 0 radical (unpaired) electrons. The molecule has 1 aliphatic heterocycles. The molecule has 3 nitrogen and oxygen atoms in total. The van der Waals surface area contributed by atoms with Crippen molar-refractivity contribution in [1.82, 2.24) is 0 Å². The molecule has 1 saturated heterocycles. The highest BCUT2D eigenvalue weighted by atomic mass is 19.2. The minimum absolute atomic E-state index is 0.228. The molecular formula is C20H20F2O3. The Morgan fingerprint density at radius 1 is 1.08 bits per heavy atom. The molecule has 3 rings (SSSR count).